The van der Waals surface area contributed by atoms with Crippen molar-refractivity contribution in [2.45, 2.75) is 25.3 Å². The molecule has 2 heterocycles. The van der Waals surface area contributed by atoms with Gasteiger partial charge in [-0.2, -0.15) is 0 Å². The van der Waals surface area contributed by atoms with E-state index in [9.17, 15) is 0 Å². The highest BCUT2D eigenvalue weighted by Gasteiger charge is 2.17. The molecule has 1 aromatic rings. The maximum Gasteiger partial charge on any atom is 0.0971 e. The maximum absolute atomic E-state index is 4.50. The lowest BCUT2D eigenvalue weighted by molar-refractivity contribution is 0.460. The zero-order chi connectivity index (χ0) is 9.80. The van der Waals surface area contributed by atoms with E-state index in [2.05, 4.69) is 15.6 Å². The first kappa shape index (κ1) is 10.1. The van der Waals surface area contributed by atoms with Crippen LogP contribution in [0.2, 0.25) is 0 Å². The zero-order valence-electron chi connectivity index (χ0n) is 8.55. The Bertz CT molecular complexity index is 279. The smallest absolute Gasteiger partial charge is 0.0971 e. The van der Waals surface area contributed by atoms with Gasteiger partial charge in [0.1, 0.15) is 0 Å². The predicted octanol–water partition coefficient (Wildman–Crippen LogP) is 1.33. The second-order valence-electron chi connectivity index (χ2n) is 3.74. The van der Waals surface area contributed by atoms with Crippen LogP contribution in [0.25, 0.3) is 0 Å². The third-order valence-electron chi connectivity index (χ3n) is 2.57. The molecule has 1 atom stereocenters. The summed E-state index contributed by atoms with van der Waals surface area (Å²) in [5.41, 5.74) is 0. The number of piperidine rings is 1. The first-order valence-electron chi connectivity index (χ1n) is 5.20. The van der Waals surface area contributed by atoms with Crippen molar-refractivity contribution in [2.75, 3.05) is 20.1 Å². The second-order valence-corrected chi connectivity index (χ2v) is 4.89. The van der Waals surface area contributed by atoms with Gasteiger partial charge in [0, 0.05) is 30.1 Å². The van der Waals surface area contributed by atoms with E-state index >= 15 is 0 Å². The Hall–Kier alpha value is -0.450. The second kappa shape index (κ2) is 4.87. The van der Waals surface area contributed by atoms with Crippen LogP contribution in [0, 0.1) is 0 Å². The Morgan fingerprint density at radius 3 is 3.36 bits per heavy atom. The number of aromatic nitrogens is 1. The van der Waals surface area contributed by atoms with Gasteiger partial charge in [-0.25, -0.2) is 4.98 Å². The molecule has 4 heteroatoms. The van der Waals surface area contributed by atoms with Crippen LogP contribution in [-0.4, -0.2) is 25.1 Å². The highest BCUT2D eigenvalue weighted by Crippen LogP contribution is 2.26. The highest BCUT2D eigenvalue weighted by atomic mass is 32.1. The fraction of sp³-hybridized carbons (Fsp3) is 0.700. The summed E-state index contributed by atoms with van der Waals surface area (Å²) in [6.45, 7) is 3.22. The Labute approximate surface area is 88.9 Å². The molecule has 0 radical (unpaired) electrons. The zero-order valence-corrected chi connectivity index (χ0v) is 9.36. The number of hydrogen-bond acceptors (Lipinski definition) is 4. The Morgan fingerprint density at radius 2 is 2.64 bits per heavy atom. The quantitative estimate of drug-likeness (QED) is 0.792. The lowest BCUT2D eigenvalue weighted by Gasteiger charge is -2.20. The molecule has 0 aromatic carbocycles. The molecule has 2 N–H and O–H groups in total. The molecular weight excluding hydrogens is 194 g/mol. The van der Waals surface area contributed by atoms with Gasteiger partial charge in [-0.05, 0) is 26.4 Å². The molecule has 0 bridgehead atoms. The average Bonchev–Trinajstić information content (AvgIpc) is 2.68. The molecule has 0 saturated carbocycles. The summed E-state index contributed by atoms with van der Waals surface area (Å²) in [4.78, 5) is 5.84. The van der Waals surface area contributed by atoms with Crippen LogP contribution in [0.15, 0.2) is 6.20 Å². The van der Waals surface area contributed by atoms with E-state index in [1.807, 2.05) is 24.6 Å². The van der Waals surface area contributed by atoms with Crippen molar-refractivity contribution in [3.63, 3.8) is 0 Å². The van der Waals surface area contributed by atoms with Crippen molar-refractivity contribution in [2.24, 2.45) is 0 Å². The van der Waals surface area contributed by atoms with Crippen LogP contribution >= 0.6 is 11.3 Å². The van der Waals surface area contributed by atoms with E-state index in [0.29, 0.717) is 5.92 Å². The largest absolute Gasteiger partial charge is 0.316 e. The normalized spacial score (nSPS) is 22.5. The minimum absolute atomic E-state index is 0.652. The first-order valence-corrected chi connectivity index (χ1v) is 6.01. The topological polar surface area (TPSA) is 37.0 Å². The molecule has 0 spiro atoms. The molecular formula is C10H17N3S. The van der Waals surface area contributed by atoms with Crippen LogP contribution in [-0.2, 0) is 6.54 Å². The Balaban J connectivity index is 2.00. The molecule has 1 aliphatic rings. The standard InChI is InChI=1S/C10H17N3S/c1-11-6-9-7-13-10(14-9)8-3-2-4-12-5-8/h7-8,11-12H,2-6H2,1H3. The minimum Gasteiger partial charge on any atom is -0.316 e. The predicted molar refractivity (Wildman–Crippen MR) is 59.7 cm³/mol. The molecule has 1 saturated heterocycles. The summed E-state index contributed by atoms with van der Waals surface area (Å²) < 4.78 is 0. The van der Waals surface area contributed by atoms with Crippen LogP contribution in [0.4, 0.5) is 0 Å². The number of hydrogen-bond donors (Lipinski definition) is 2. The van der Waals surface area contributed by atoms with E-state index in [-0.39, 0.29) is 0 Å². The molecule has 0 aliphatic carbocycles. The molecule has 1 fully saturated rings. The number of thiazole rings is 1. The van der Waals surface area contributed by atoms with Crippen molar-refractivity contribution < 1.29 is 0 Å². The molecule has 14 heavy (non-hydrogen) atoms. The van der Waals surface area contributed by atoms with Gasteiger partial charge >= 0.3 is 0 Å². The molecule has 1 aliphatic heterocycles. The van der Waals surface area contributed by atoms with Crippen LogP contribution in [0.3, 0.4) is 0 Å². The molecule has 3 nitrogen and oxygen atoms in total. The molecule has 2 rings (SSSR count). The fourth-order valence-electron chi connectivity index (χ4n) is 1.83. The Kier molecular flexibility index (Phi) is 3.50. The lowest BCUT2D eigenvalue weighted by Crippen LogP contribution is -2.28. The lowest BCUT2D eigenvalue weighted by atomic mass is 10.0. The first-order chi connectivity index (χ1) is 6.90. The van der Waals surface area contributed by atoms with Crippen molar-refractivity contribution in [1.82, 2.24) is 15.6 Å². The number of nitrogens with one attached hydrogen (secondary N) is 2. The minimum atomic E-state index is 0.652. The molecule has 1 aromatic heterocycles. The van der Waals surface area contributed by atoms with E-state index in [1.165, 1.54) is 29.3 Å². The SMILES string of the molecule is CNCc1cnc(C2CCCNC2)s1. The molecule has 1 unspecified atom stereocenters. The maximum atomic E-state index is 4.50. The van der Waals surface area contributed by atoms with Crippen molar-refractivity contribution in [3.05, 3.63) is 16.1 Å². The summed E-state index contributed by atoms with van der Waals surface area (Å²) in [6.07, 6.45) is 4.58. The van der Waals surface area contributed by atoms with Gasteiger partial charge < -0.3 is 10.6 Å². The van der Waals surface area contributed by atoms with Gasteiger partial charge in [0.05, 0.1) is 5.01 Å². The summed E-state index contributed by atoms with van der Waals surface area (Å²) in [7, 11) is 1.97. The van der Waals surface area contributed by atoms with Crippen molar-refractivity contribution in [1.29, 1.82) is 0 Å². The van der Waals surface area contributed by atoms with E-state index in [4.69, 9.17) is 0 Å². The number of nitrogens with zero attached hydrogens (tertiary/aromatic N) is 1. The summed E-state index contributed by atoms with van der Waals surface area (Å²) in [5.74, 6) is 0.652. The summed E-state index contributed by atoms with van der Waals surface area (Å²) >= 11 is 1.85. The summed E-state index contributed by atoms with van der Waals surface area (Å²) in [6, 6.07) is 0. The van der Waals surface area contributed by atoms with E-state index < -0.39 is 0 Å². The monoisotopic (exact) mass is 211 g/mol. The van der Waals surface area contributed by atoms with E-state index in [0.717, 1.165) is 13.1 Å². The van der Waals surface area contributed by atoms with Crippen LogP contribution < -0.4 is 10.6 Å². The van der Waals surface area contributed by atoms with Gasteiger partial charge in [-0.1, -0.05) is 0 Å². The van der Waals surface area contributed by atoms with Gasteiger partial charge in [-0.3, -0.25) is 0 Å². The third kappa shape index (κ3) is 2.32. The summed E-state index contributed by atoms with van der Waals surface area (Å²) in [5, 5.41) is 7.89. The molecule has 0 amide bonds. The van der Waals surface area contributed by atoms with Crippen LogP contribution in [0.5, 0.6) is 0 Å². The van der Waals surface area contributed by atoms with Gasteiger partial charge in [0.2, 0.25) is 0 Å². The molecule has 78 valence electrons. The fourth-order valence-corrected chi connectivity index (χ4v) is 2.89. The van der Waals surface area contributed by atoms with Crippen LogP contribution in [0.1, 0.15) is 28.6 Å². The van der Waals surface area contributed by atoms with Gasteiger partial charge in [0.25, 0.3) is 0 Å². The average molecular weight is 211 g/mol. The number of rotatable bonds is 3. The van der Waals surface area contributed by atoms with Gasteiger partial charge in [-0.15, -0.1) is 11.3 Å². The highest BCUT2D eigenvalue weighted by molar-refractivity contribution is 7.11. The van der Waals surface area contributed by atoms with Crippen molar-refractivity contribution >= 4 is 11.3 Å². The third-order valence-corrected chi connectivity index (χ3v) is 3.73. The Morgan fingerprint density at radius 1 is 1.71 bits per heavy atom. The van der Waals surface area contributed by atoms with Crippen molar-refractivity contribution in [3.8, 4) is 0 Å². The van der Waals surface area contributed by atoms with E-state index in [1.54, 1.807) is 0 Å². The van der Waals surface area contributed by atoms with Gasteiger partial charge in [0.15, 0.2) is 0 Å².